The van der Waals surface area contributed by atoms with Crippen LogP contribution in [-0.4, -0.2) is 25.2 Å². The van der Waals surface area contributed by atoms with Gasteiger partial charge in [0.25, 0.3) is 0 Å². The molecule has 24 heavy (non-hydrogen) atoms. The third kappa shape index (κ3) is 5.16. The number of rotatable bonds is 8. The molecule has 1 rings (SSSR count). The lowest BCUT2D eigenvalue weighted by Crippen LogP contribution is -2.17. The van der Waals surface area contributed by atoms with E-state index in [1.54, 1.807) is 0 Å². The number of hydrogen-bond donors (Lipinski definition) is 0. The maximum atomic E-state index is 12.3. The Balaban J connectivity index is 3.28. The van der Waals surface area contributed by atoms with Gasteiger partial charge >= 0.3 is 11.9 Å². The van der Waals surface area contributed by atoms with E-state index in [2.05, 4.69) is 0 Å². The maximum Gasteiger partial charge on any atom is 0.340 e. The summed E-state index contributed by atoms with van der Waals surface area (Å²) < 4.78 is 10.2. The van der Waals surface area contributed by atoms with Crippen LogP contribution in [0, 0.1) is 0 Å². The van der Waals surface area contributed by atoms with Crippen LogP contribution in [0.4, 0.5) is 0 Å². The Labute approximate surface area is 161 Å². The van der Waals surface area contributed by atoms with Crippen molar-refractivity contribution in [1.29, 1.82) is 0 Å². The summed E-state index contributed by atoms with van der Waals surface area (Å²) in [7, 11) is 0. The second kappa shape index (κ2) is 10.3. The third-order valence-corrected chi connectivity index (χ3v) is 4.94. The Morgan fingerprint density at radius 3 is 1.33 bits per heavy atom. The van der Waals surface area contributed by atoms with Crippen LogP contribution in [0.1, 0.15) is 60.2 Å². The van der Waals surface area contributed by atoms with E-state index in [1.807, 2.05) is 13.8 Å². The molecule has 0 radical (unpaired) electrons. The molecular weight excluding hydrogens is 398 g/mol. The summed E-state index contributed by atoms with van der Waals surface area (Å²) >= 11 is 24.2. The molecule has 134 valence electrons. The fourth-order valence-corrected chi connectivity index (χ4v) is 2.78. The zero-order valence-electron chi connectivity index (χ0n) is 13.4. The summed E-state index contributed by atoms with van der Waals surface area (Å²) in [5.41, 5.74) is -0.456. The Hall–Kier alpha value is -0.680. The van der Waals surface area contributed by atoms with Crippen molar-refractivity contribution in [1.82, 2.24) is 0 Å². The van der Waals surface area contributed by atoms with Gasteiger partial charge in [-0.15, -0.1) is 0 Å². The highest BCUT2D eigenvalue weighted by Crippen LogP contribution is 2.42. The van der Waals surface area contributed by atoms with Crippen LogP contribution in [0.5, 0.6) is 0 Å². The zero-order valence-corrected chi connectivity index (χ0v) is 16.4. The Kier molecular flexibility index (Phi) is 9.21. The molecule has 0 aliphatic carbocycles. The first kappa shape index (κ1) is 21.4. The van der Waals surface area contributed by atoms with Gasteiger partial charge < -0.3 is 9.47 Å². The lowest BCUT2D eigenvalue weighted by atomic mass is 10.1. The van der Waals surface area contributed by atoms with Gasteiger partial charge in [-0.1, -0.05) is 73.1 Å². The number of unbranched alkanes of at least 4 members (excludes halogenated alkanes) is 2. The summed E-state index contributed by atoms with van der Waals surface area (Å²) in [5, 5.41) is -0.600. The van der Waals surface area contributed by atoms with E-state index in [4.69, 9.17) is 55.9 Å². The van der Waals surface area contributed by atoms with Gasteiger partial charge in [0.2, 0.25) is 0 Å². The van der Waals surface area contributed by atoms with Crippen molar-refractivity contribution in [3.63, 3.8) is 0 Å². The lowest BCUT2D eigenvalue weighted by molar-refractivity contribution is 0.0452. The highest BCUT2D eigenvalue weighted by Gasteiger charge is 2.30. The normalized spacial score (nSPS) is 10.6. The molecule has 0 bridgehead atoms. The number of carbonyl (C=O) groups is 2. The quantitative estimate of drug-likeness (QED) is 0.219. The van der Waals surface area contributed by atoms with Crippen molar-refractivity contribution in [3.8, 4) is 0 Å². The monoisotopic (exact) mass is 414 g/mol. The third-order valence-electron chi connectivity index (χ3n) is 3.14. The lowest BCUT2D eigenvalue weighted by Gasteiger charge is -2.15. The Bertz CT molecular complexity index is 564. The fraction of sp³-hybridized carbons (Fsp3) is 0.500. The Morgan fingerprint density at radius 1 is 0.708 bits per heavy atom. The molecule has 0 heterocycles. The van der Waals surface area contributed by atoms with E-state index in [1.165, 1.54) is 0 Å². The second-order valence-electron chi connectivity index (χ2n) is 4.98. The van der Waals surface area contributed by atoms with Gasteiger partial charge in [-0.05, 0) is 12.8 Å². The van der Waals surface area contributed by atoms with Crippen LogP contribution in [0.3, 0.4) is 0 Å². The molecule has 1 aromatic carbocycles. The van der Waals surface area contributed by atoms with Crippen LogP contribution in [0.15, 0.2) is 0 Å². The van der Waals surface area contributed by atoms with E-state index < -0.39 is 11.9 Å². The maximum absolute atomic E-state index is 12.3. The molecular formula is C16H18Cl4O4. The van der Waals surface area contributed by atoms with Crippen molar-refractivity contribution in [3.05, 3.63) is 31.2 Å². The van der Waals surface area contributed by atoms with Crippen molar-refractivity contribution in [2.24, 2.45) is 0 Å². The van der Waals surface area contributed by atoms with E-state index in [-0.39, 0.29) is 44.4 Å². The predicted octanol–water partition coefficient (Wildman–Crippen LogP) is 6.21. The van der Waals surface area contributed by atoms with E-state index >= 15 is 0 Å². The number of halogens is 4. The van der Waals surface area contributed by atoms with Crippen molar-refractivity contribution >= 4 is 58.3 Å². The van der Waals surface area contributed by atoms with E-state index in [9.17, 15) is 9.59 Å². The van der Waals surface area contributed by atoms with Crippen LogP contribution in [0.2, 0.25) is 20.1 Å². The van der Waals surface area contributed by atoms with Crippen molar-refractivity contribution in [2.75, 3.05) is 13.2 Å². The first-order valence-corrected chi connectivity index (χ1v) is 9.08. The van der Waals surface area contributed by atoms with Gasteiger partial charge in [0.15, 0.2) is 0 Å². The van der Waals surface area contributed by atoms with Crippen LogP contribution < -0.4 is 0 Å². The second-order valence-corrected chi connectivity index (χ2v) is 6.50. The first-order chi connectivity index (χ1) is 11.4. The molecule has 0 saturated heterocycles. The van der Waals surface area contributed by atoms with E-state index in [0.717, 1.165) is 12.8 Å². The predicted molar refractivity (Wildman–Crippen MR) is 96.9 cm³/mol. The van der Waals surface area contributed by atoms with Gasteiger partial charge in [0.05, 0.1) is 44.4 Å². The molecule has 0 fully saturated rings. The molecule has 0 amide bonds. The Morgan fingerprint density at radius 2 is 1.04 bits per heavy atom. The average Bonchev–Trinajstić information content (AvgIpc) is 2.56. The minimum Gasteiger partial charge on any atom is -0.462 e. The highest BCUT2D eigenvalue weighted by atomic mass is 35.5. The summed E-state index contributed by atoms with van der Waals surface area (Å²) in [6.45, 7) is 4.28. The summed E-state index contributed by atoms with van der Waals surface area (Å²) in [5.74, 6) is -1.59. The molecule has 0 aromatic heterocycles. The number of esters is 2. The molecule has 0 N–H and O–H groups in total. The van der Waals surface area contributed by atoms with Gasteiger partial charge in [-0.25, -0.2) is 9.59 Å². The zero-order chi connectivity index (χ0) is 18.3. The van der Waals surface area contributed by atoms with Crippen LogP contribution >= 0.6 is 46.4 Å². The van der Waals surface area contributed by atoms with Crippen LogP contribution in [0.25, 0.3) is 0 Å². The number of benzene rings is 1. The summed E-state index contributed by atoms with van der Waals surface area (Å²) in [6.07, 6.45) is 3.04. The topological polar surface area (TPSA) is 52.6 Å². The SMILES string of the molecule is CCCCOC(=O)c1c(Cl)c(Cl)c(Cl)c(Cl)c1C(=O)OCCCC. The van der Waals surface area contributed by atoms with Gasteiger partial charge in [-0.3, -0.25) is 0 Å². The number of carbonyl (C=O) groups excluding carboxylic acids is 2. The van der Waals surface area contributed by atoms with Gasteiger partial charge in [0, 0.05) is 0 Å². The minimum absolute atomic E-state index is 0.115. The van der Waals surface area contributed by atoms with Crippen LogP contribution in [-0.2, 0) is 9.47 Å². The van der Waals surface area contributed by atoms with Crippen molar-refractivity contribution < 1.29 is 19.1 Å². The molecule has 0 saturated carbocycles. The van der Waals surface area contributed by atoms with E-state index in [0.29, 0.717) is 12.8 Å². The summed E-state index contributed by atoms with van der Waals surface area (Å²) in [4.78, 5) is 24.7. The number of ether oxygens (including phenoxy) is 2. The summed E-state index contributed by atoms with van der Waals surface area (Å²) in [6, 6.07) is 0. The first-order valence-electron chi connectivity index (χ1n) is 7.56. The molecule has 0 aliphatic rings. The highest BCUT2D eigenvalue weighted by molar-refractivity contribution is 6.54. The number of hydrogen-bond acceptors (Lipinski definition) is 4. The molecule has 1 aromatic rings. The minimum atomic E-state index is -0.795. The average molecular weight is 416 g/mol. The van der Waals surface area contributed by atoms with Crippen molar-refractivity contribution in [2.45, 2.75) is 39.5 Å². The smallest absolute Gasteiger partial charge is 0.340 e. The van der Waals surface area contributed by atoms with Gasteiger partial charge in [0.1, 0.15) is 0 Å². The molecule has 0 atom stereocenters. The molecule has 4 nitrogen and oxygen atoms in total. The molecule has 0 spiro atoms. The molecule has 8 heteroatoms. The fourth-order valence-electron chi connectivity index (χ4n) is 1.78. The molecule has 0 unspecified atom stereocenters. The van der Waals surface area contributed by atoms with Gasteiger partial charge in [-0.2, -0.15) is 0 Å². The molecule has 0 aliphatic heterocycles. The largest absolute Gasteiger partial charge is 0.462 e. The standard InChI is InChI=1S/C16H18Cl4O4/c1-3-5-7-23-15(21)9-10(16(22)24-8-6-4-2)12(18)14(20)13(19)11(9)17/h3-8H2,1-2H3.